The Kier molecular flexibility index (Phi) is 5.73. The van der Waals surface area contributed by atoms with E-state index >= 15 is 0 Å². The Morgan fingerprint density at radius 1 is 1.40 bits per heavy atom. The van der Waals surface area contributed by atoms with Crippen molar-refractivity contribution in [3.63, 3.8) is 0 Å². The standard InChI is InChI=1S/C16H27N3S/c1-5-8-17-11-15-6-7-16(18-12(15)2)19-9-10-20-14(4)13(19)3/h6-7,13-14,17H,5,8-11H2,1-4H3. The summed E-state index contributed by atoms with van der Waals surface area (Å²) in [7, 11) is 0. The number of rotatable bonds is 5. The molecule has 1 fully saturated rings. The number of hydrogen-bond donors (Lipinski definition) is 1. The molecule has 1 aromatic heterocycles. The Labute approximate surface area is 127 Å². The molecule has 0 spiro atoms. The molecule has 3 nitrogen and oxygen atoms in total. The van der Waals surface area contributed by atoms with Crippen molar-refractivity contribution < 1.29 is 0 Å². The molecule has 1 aromatic rings. The van der Waals surface area contributed by atoms with Crippen LogP contribution >= 0.6 is 11.8 Å². The van der Waals surface area contributed by atoms with Gasteiger partial charge in [0.05, 0.1) is 0 Å². The SMILES string of the molecule is CCCNCc1ccc(N2CCSC(C)C2C)nc1C. The Bertz CT molecular complexity index is 436. The molecule has 112 valence electrons. The second-order valence-electron chi connectivity index (χ2n) is 5.60. The van der Waals surface area contributed by atoms with Gasteiger partial charge in [0, 0.05) is 35.8 Å². The molecular weight excluding hydrogens is 266 g/mol. The van der Waals surface area contributed by atoms with E-state index < -0.39 is 0 Å². The van der Waals surface area contributed by atoms with Crippen LogP contribution in [0, 0.1) is 6.92 Å². The maximum absolute atomic E-state index is 4.84. The van der Waals surface area contributed by atoms with E-state index in [9.17, 15) is 0 Å². The number of hydrogen-bond acceptors (Lipinski definition) is 4. The van der Waals surface area contributed by atoms with Gasteiger partial charge in [-0.25, -0.2) is 4.98 Å². The summed E-state index contributed by atoms with van der Waals surface area (Å²) < 4.78 is 0. The van der Waals surface area contributed by atoms with Crippen molar-refractivity contribution in [3.8, 4) is 0 Å². The lowest BCUT2D eigenvalue weighted by Crippen LogP contribution is -2.45. The molecular formula is C16H27N3S. The second-order valence-corrected chi connectivity index (χ2v) is 7.09. The van der Waals surface area contributed by atoms with Crippen LogP contribution in [0.25, 0.3) is 0 Å². The lowest BCUT2D eigenvalue weighted by Gasteiger charge is -2.38. The van der Waals surface area contributed by atoms with Gasteiger partial charge in [-0.2, -0.15) is 11.8 Å². The Morgan fingerprint density at radius 3 is 2.90 bits per heavy atom. The van der Waals surface area contributed by atoms with Gasteiger partial charge in [-0.05, 0) is 38.4 Å². The van der Waals surface area contributed by atoms with Crippen LogP contribution in [-0.4, -0.2) is 35.1 Å². The van der Waals surface area contributed by atoms with Crippen LogP contribution < -0.4 is 10.2 Å². The topological polar surface area (TPSA) is 28.2 Å². The highest BCUT2D eigenvalue weighted by Gasteiger charge is 2.26. The average molecular weight is 293 g/mol. The number of nitrogens with one attached hydrogen (secondary N) is 1. The van der Waals surface area contributed by atoms with Gasteiger partial charge in [0.2, 0.25) is 0 Å². The fraction of sp³-hybridized carbons (Fsp3) is 0.688. The van der Waals surface area contributed by atoms with E-state index in [-0.39, 0.29) is 0 Å². The quantitative estimate of drug-likeness (QED) is 0.844. The molecule has 1 aliphatic rings. The Morgan fingerprint density at radius 2 is 2.20 bits per heavy atom. The van der Waals surface area contributed by atoms with E-state index in [1.54, 1.807) is 0 Å². The fourth-order valence-corrected chi connectivity index (χ4v) is 3.68. The minimum absolute atomic E-state index is 0.560. The van der Waals surface area contributed by atoms with Crippen molar-refractivity contribution in [3.05, 3.63) is 23.4 Å². The zero-order valence-electron chi connectivity index (χ0n) is 13.1. The molecule has 20 heavy (non-hydrogen) atoms. The predicted octanol–water partition coefficient (Wildman–Crippen LogP) is 3.22. The van der Waals surface area contributed by atoms with E-state index in [1.165, 1.54) is 17.7 Å². The number of anilines is 1. The molecule has 0 bridgehead atoms. The first-order valence-electron chi connectivity index (χ1n) is 7.69. The van der Waals surface area contributed by atoms with Gasteiger partial charge in [-0.3, -0.25) is 0 Å². The minimum Gasteiger partial charge on any atom is -0.352 e. The van der Waals surface area contributed by atoms with Gasteiger partial charge >= 0.3 is 0 Å². The fourth-order valence-electron chi connectivity index (χ4n) is 2.58. The molecule has 0 saturated carbocycles. The Balaban J connectivity index is 2.08. The normalized spacial score (nSPS) is 23.1. The summed E-state index contributed by atoms with van der Waals surface area (Å²) >= 11 is 2.07. The van der Waals surface area contributed by atoms with Gasteiger partial charge in [0.1, 0.15) is 5.82 Å². The molecule has 0 amide bonds. The predicted molar refractivity (Wildman–Crippen MR) is 89.7 cm³/mol. The third kappa shape index (κ3) is 3.67. The molecule has 0 aliphatic carbocycles. The first-order valence-corrected chi connectivity index (χ1v) is 8.73. The second kappa shape index (κ2) is 7.32. The van der Waals surface area contributed by atoms with E-state index in [0.29, 0.717) is 11.3 Å². The molecule has 4 heteroatoms. The zero-order chi connectivity index (χ0) is 14.5. The number of aromatic nitrogens is 1. The maximum atomic E-state index is 4.84. The van der Waals surface area contributed by atoms with Crippen LogP contribution in [-0.2, 0) is 6.54 Å². The van der Waals surface area contributed by atoms with Crippen molar-refractivity contribution >= 4 is 17.6 Å². The number of aryl methyl sites for hydroxylation is 1. The largest absolute Gasteiger partial charge is 0.352 e. The van der Waals surface area contributed by atoms with Gasteiger partial charge in [-0.1, -0.05) is 19.9 Å². The molecule has 1 N–H and O–H groups in total. The highest BCUT2D eigenvalue weighted by molar-refractivity contribution is 8.00. The van der Waals surface area contributed by atoms with E-state index in [1.807, 2.05) is 0 Å². The monoisotopic (exact) mass is 293 g/mol. The summed E-state index contributed by atoms with van der Waals surface area (Å²) in [6, 6.07) is 4.99. The molecule has 2 heterocycles. The summed E-state index contributed by atoms with van der Waals surface area (Å²) in [4.78, 5) is 7.29. The first kappa shape index (κ1) is 15.6. The van der Waals surface area contributed by atoms with Crippen molar-refractivity contribution in [2.75, 3.05) is 23.7 Å². The maximum Gasteiger partial charge on any atom is 0.129 e. The molecule has 1 saturated heterocycles. The molecule has 0 radical (unpaired) electrons. The van der Waals surface area contributed by atoms with Crippen molar-refractivity contribution in [1.29, 1.82) is 0 Å². The highest BCUT2D eigenvalue weighted by atomic mass is 32.2. The third-order valence-electron chi connectivity index (χ3n) is 4.10. The van der Waals surface area contributed by atoms with Crippen molar-refractivity contribution in [1.82, 2.24) is 10.3 Å². The molecule has 0 aromatic carbocycles. The Hall–Kier alpha value is -0.740. The van der Waals surface area contributed by atoms with Gasteiger partial charge < -0.3 is 10.2 Å². The van der Waals surface area contributed by atoms with E-state index in [4.69, 9.17) is 4.98 Å². The number of nitrogens with zero attached hydrogens (tertiary/aromatic N) is 2. The van der Waals surface area contributed by atoms with Crippen molar-refractivity contribution in [2.45, 2.75) is 52.0 Å². The van der Waals surface area contributed by atoms with Gasteiger partial charge in [0.15, 0.2) is 0 Å². The van der Waals surface area contributed by atoms with E-state index in [0.717, 1.165) is 31.1 Å². The number of pyridine rings is 1. The summed E-state index contributed by atoms with van der Waals surface area (Å²) in [5.41, 5.74) is 2.47. The molecule has 2 rings (SSSR count). The van der Waals surface area contributed by atoms with Crippen LogP contribution in [0.5, 0.6) is 0 Å². The minimum atomic E-state index is 0.560. The zero-order valence-corrected chi connectivity index (χ0v) is 14.0. The smallest absolute Gasteiger partial charge is 0.129 e. The van der Waals surface area contributed by atoms with Gasteiger partial charge in [-0.15, -0.1) is 0 Å². The third-order valence-corrected chi connectivity index (χ3v) is 5.44. The molecule has 1 aliphatic heterocycles. The number of thioether (sulfide) groups is 1. The summed E-state index contributed by atoms with van der Waals surface area (Å²) in [5, 5.41) is 4.13. The molecule has 2 atom stereocenters. The lowest BCUT2D eigenvalue weighted by atomic mass is 10.1. The van der Waals surface area contributed by atoms with Crippen LogP contribution in [0.2, 0.25) is 0 Å². The van der Waals surface area contributed by atoms with Crippen LogP contribution in [0.4, 0.5) is 5.82 Å². The average Bonchev–Trinajstić information content (AvgIpc) is 2.44. The summed E-state index contributed by atoms with van der Waals surface area (Å²) in [6.07, 6.45) is 1.17. The van der Waals surface area contributed by atoms with Crippen LogP contribution in [0.15, 0.2) is 12.1 Å². The van der Waals surface area contributed by atoms with Gasteiger partial charge in [0.25, 0.3) is 0 Å². The molecule has 2 unspecified atom stereocenters. The highest BCUT2D eigenvalue weighted by Crippen LogP contribution is 2.28. The lowest BCUT2D eigenvalue weighted by molar-refractivity contribution is 0.618. The summed E-state index contributed by atoms with van der Waals surface area (Å²) in [5.74, 6) is 2.34. The van der Waals surface area contributed by atoms with Crippen LogP contribution in [0.1, 0.15) is 38.4 Å². The van der Waals surface area contributed by atoms with E-state index in [2.05, 4.69) is 61.8 Å². The van der Waals surface area contributed by atoms with Crippen LogP contribution in [0.3, 0.4) is 0 Å². The first-order chi connectivity index (χ1) is 9.63. The summed E-state index contributed by atoms with van der Waals surface area (Å²) in [6.45, 7) is 12.0. The van der Waals surface area contributed by atoms with Crippen molar-refractivity contribution in [2.24, 2.45) is 0 Å².